The zero-order valence-corrected chi connectivity index (χ0v) is 16.8. The second-order valence-corrected chi connectivity index (χ2v) is 7.59. The summed E-state index contributed by atoms with van der Waals surface area (Å²) in [4.78, 5) is 12.1. The van der Waals surface area contributed by atoms with Crippen molar-refractivity contribution in [2.24, 2.45) is 0 Å². The van der Waals surface area contributed by atoms with E-state index in [4.69, 9.17) is 0 Å². The van der Waals surface area contributed by atoms with Gasteiger partial charge in [-0.15, -0.1) is 0 Å². The highest BCUT2D eigenvalue weighted by molar-refractivity contribution is 9.11. The number of halogens is 2. The van der Waals surface area contributed by atoms with Crippen molar-refractivity contribution in [3.63, 3.8) is 0 Å². The highest BCUT2D eigenvalue weighted by Gasteiger charge is 2.08. The lowest BCUT2D eigenvalue weighted by atomic mass is 10.0. The van der Waals surface area contributed by atoms with Crippen molar-refractivity contribution in [1.82, 2.24) is 5.32 Å². The van der Waals surface area contributed by atoms with Gasteiger partial charge in [0, 0.05) is 15.5 Å². The number of hydrogen-bond acceptors (Lipinski definition) is 1. The molecular weight excluding hydrogens is 418 g/mol. The van der Waals surface area contributed by atoms with Crippen molar-refractivity contribution in [2.45, 2.75) is 33.6 Å². The third kappa shape index (κ3) is 5.18. The summed E-state index contributed by atoms with van der Waals surface area (Å²) >= 11 is 7.04. The van der Waals surface area contributed by atoms with E-state index in [9.17, 15) is 4.79 Å². The van der Waals surface area contributed by atoms with Crippen molar-refractivity contribution in [3.05, 3.63) is 67.1 Å². The van der Waals surface area contributed by atoms with Gasteiger partial charge in [-0.3, -0.25) is 4.79 Å². The number of rotatable bonds is 5. The molecule has 0 aliphatic heterocycles. The summed E-state index contributed by atoms with van der Waals surface area (Å²) in [5.41, 5.74) is 5.99. The molecule has 2 rings (SSSR count). The molecule has 4 heteroatoms. The van der Waals surface area contributed by atoms with E-state index in [0.717, 1.165) is 26.5 Å². The van der Waals surface area contributed by atoms with Crippen molar-refractivity contribution in [3.8, 4) is 0 Å². The zero-order valence-electron chi connectivity index (χ0n) is 13.7. The molecule has 0 spiro atoms. The summed E-state index contributed by atoms with van der Waals surface area (Å²) in [6.45, 7) is 6.92. The molecule has 2 nitrogen and oxygen atoms in total. The second-order valence-electron chi connectivity index (χ2n) is 5.88. The third-order valence-corrected chi connectivity index (χ3v) is 5.66. The van der Waals surface area contributed by atoms with Crippen LogP contribution in [0.1, 0.15) is 27.8 Å². The summed E-state index contributed by atoms with van der Waals surface area (Å²) in [5, 5.41) is 3.00. The van der Waals surface area contributed by atoms with Crippen molar-refractivity contribution in [2.75, 3.05) is 6.54 Å². The lowest BCUT2D eigenvalue weighted by Gasteiger charge is -2.09. The van der Waals surface area contributed by atoms with Gasteiger partial charge in [0.25, 0.3) is 0 Å². The Labute approximate surface area is 154 Å². The van der Waals surface area contributed by atoms with E-state index in [-0.39, 0.29) is 5.91 Å². The Morgan fingerprint density at radius 1 is 0.957 bits per heavy atom. The van der Waals surface area contributed by atoms with Crippen molar-refractivity contribution >= 4 is 37.8 Å². The molecule has 23 heavy (non-hydrogen) atoms. The smallest absolute Gasteiger partial charge is 0.224 e. The van der Waals surface area contributed by atoms with Gasteiger partial charge < -0.3 is 5.32 Å². The molecule has 0 aliphatic rings. The Morgan fingerprint density at radius 2 is 1.61 bits per heavy atom. The summed E-state index contributed by atoms with van der Waals surface area (Å²) in [6.07, 6.45) is 1.25. The molecule has 0 fully saturated rings. The molecule has 0 aromatic heterocycles. The maximum atomic E-state index is 12.1. The molecule has 122 valence electrons. The van der Waals surface area contributed by atoms with E-state index in [1.807, 2.05) is 19.1 Å². The number of carbonyl (C=O) groups is 1. The first-order valence-corrected chi connectivity index (χ1v) is 9.23. The van der Waals surface area contributed by atoms with E-state index in [1.54, 1.807) is 0 Å². The van der Waals surface area contributed by atoms with Crippen LogP contribution in [0.5, 0.6) is 0 Å². The monoisotopic (exact) mass is 437 g/mol. The highest BCUT2D eigenvalue weighted by atomic mass is 79.9. The lowest BCUT2D eigenvalue weighted by molar-refractivity contribution is -0.120. The van der Waals surface area contributed by atoms with Crippen LogP contribution in [0, 0.1) is 20.8 Å². The van der Waals surface area contributed by atoms with Crippen LogP contribution < -0.4 is 5.32 Å². The second kappa shape index (κ2) is 8.11. The molecule has 0 atom stereocenters. The minimum Gasteiger partial charge on any atom is -0.355 e. The van der Waals surface area contributed by atoms with E-state index >= 15 is 0 Å². The van der Waals surface area contributed by atoms with Gasteiger partial charge in [0.05, 0.1) is 6.42 Å². The number of carbonyl (C=O) groups excluding carboxylic acids is 1. The fourth-order valence-electron chi connectivity index (χ4n) is 2.35. The fraction of sp³-hybridized carbons (Fsp3) is 0.316. The van der Waals surface area contributed by atoms with Crippen LogP contribution in [0.4, 0.5) is 0 Å². The predicted molar refractivity (Wildman–Crippen MR) is 103 cm³/mol. The Bertz CT molecular complexity index is 702. The van der Waals surface area contributed by atoms with Gasteiger partial charge in [-0.2, -0.15) is 0 Å². The predicted octanol–water partition coefficient (Wildman–Crippen LogP) is 5.04. The van der Waals surface area contributed by atoms with Crippen LogP contribution in [-0.4, -0.2) is 12.5 Å². The van der Waals surface area contributed by atoms with Crippen molar-refractivity contribution < 1.29 is 4.79 Å². The van der Waals surface area contributed by atoms with E-state index in [0.29, 0.717) is 13.0 Å². The largest absolute Gasteiger partial charge is 0.355 e. The number of aryl methyl sites for hydroxylation is 2. The average Bonchev–Trinajstić information content (AvgIpc) is 2.48. The van der Waals surface area contributed by atoms with Crippen LogP contribution in [0.2, 0.25) is 0 Å². The van der Waals surface area contributed by atoms with Crippen LogP contribution in [0.3, 0.4) is 0 Å². The topological polar surface area (TPSA) is 29.1 Å². The first kappa shape index (κ1) is 18.2. The third-order valence-electron chi connectivity index (χ3n) is 4.01. The van der Waals surface area contributed by atoms with Crippen LogP contribution in [-0.2, 0) is 17.6 Å². The van der Waals surface area contributed by atoms with Crippen molar-refractivity contribution in [1.29, 1.82) is 0 Å². The quantitative estimate of drug-likeness (QED) is 0.696. The van der Waals surface area contributed by atoms with Gasteiger partial charge in [0.1, 0.15) is 0 Å². The Balaban J connectivity index is 1.87. The summed E-state index contributed by atoms with van der Waals surface area (Å²) in [6, 6.07) is 10.5. The van der Waals surface area contributed by atoms with E-state index in [2.05, 4.69) is 69.2 Å². The average molecular weight is 439 g/mol. The summed E-state index contributed by atoms with van der Waals surface area (Å²) in [7, 11) is 0. The van der Waals surface area contributed by atoms with Gasteiger partial charge >= 0.3 is 0 Å². The molecule has 0 bridgehead atoms. The lowest BCUT2D eigenvalue weighted by Crippen LogP contribution is -2.27. The van der Waals surface area contributed by atoms with Gasteiger partial charge in [0.15, 0.2) is 0 Å². The van der Waals surface area contributed by atoms with E-state index in [1.165, 1.54) is 16.7 Å². The maximum Gasteiger partial charge on any atom is 0.224 e. The Hall–Kier alpha value is -1.13. The Morgan fingerprint density at radius 3 is 2.22 bits per heavy atom. The molecule has 2 aromatic carbocycles. The maximum absolute atomic E-state index is 12.1. The Kier molecular flexibility index (Phi) is 6.42. The number of amides is 1. The molecule has 0 heterocycles. The summed E-state index contributed by atoms with van der Waals surface area (Å²) in [5.74, 6) is 0.0523. The van der Waals surface area contributed by atoms with Crippen LogP contribution >= 0.6 is 31.9 Å². The molecule has 0 aliphatic carbocycles. The highest BCUT2D eigenvalue weighted by Crippen LogP contribution is 2.26. The first-order chi connectivity index (χ1) is 10.9. The SMILES string of the molecule is Cc1ccc(CCNC(=O)Cc2cc(Br)c(C)c(Br)c2)cc1C. The van der Waals surface area contributed by atoms with Gasteiger partial charge in [-0.1, -0.05) is 50.1 Å². The normalized spacial score (nSPS) is 10.7. The molecule has 1 N–H and O–H groups in total. The molecule has 0 radical (unpaired) electrons. The molecule has 2 aromatic rings. The summed E-state index contributed by atoms with van der Waals surface area (Å²) < 4.78 is 2.04. The van der Waals surface area contributed by atoms with E-state index < -0.39 is 0 Å². The first-order valence-electron chi connectivity index (χ1n) is 7.64. The van der Waals surface area contributed by atoms with Gasteiger partial charge in [-0.05, 0) is 67.1 Å². The zero-order chi connectivity index (χ0) is 17.0. The van der Waals surface area contributed by atoms with Gasteiger partial charge in [0.2, 0.25) is 5.91 Å². The molecule has 1 amide bonds. The minimum atomic E-state index is 0.0523. The van der Waals surface area contributed by atoms with Gasteiger partial charge in [-0.25, -0.2) is 0 Å². The van der Waals surface area contributed by atoms with Crippen LogP contribution in [0.15, 0.2) is 39.3 Å². The molecular formula is C19H21Br2NO. The number of benzene rings is 2. The number of hydrogen-bond donors (Lipinski definition) is 1. The fourth-order valence-corrected chi connectivity index (χ4v) is 3.63. The molecule has 0 saturated carbocycles. The minimum absolute atomic E-state index is 0.0523. The number of nitrogens with one attached hydrogen (secondary N) is 1. The standard InChI is InChI=1S/C19H21Br2NO/c1-12-4-5-15(8-13(12)2)6-7-22-19(23)11-16-9-17(20)14(3)18(21)10-16/h4-5,8-10H,6-7,11H2,1-3H3,(H,22,23). The molecule has 0 unspecified atom stereocenters. The molecule has 0 saturated heterocycles. The van der Waals surface area contributed by atoms with Crippen LogP contribution in [0.25, 0.3) is 0 Å².